The van der Waals surface area contributed by atoms with E-state index in [0.29, 0.717) is 5.69 Å². The van der Waals surface area contributed by atoms with Crippen molar-refractivity contribution in [1.29, 1.82) is 0 Å². The molecule has 0 unspecified atom stereocenters. The number of para-hydroxylation sites is 1. The van der Waals surface area contributed by atoms with Crippen molar-refractivity contribution in [3.63, 3.8) is 0 Å². The van der Waals surface area contributed by atoms with Gasteiger partial charge in [0.1, 0.15) is 5.75 Å². The highest BCUT2D eigenvalue weighted by atomic mass is 32.2. The van der Waals surface area contributed by atoms with Gasteiger partial charge in [-0.1, -0.05) is 59.8 Å². The van der Waals surface area contributed by atoms with Gasteiger partial charge >= 0.3 is 0 Å². The maximum absolute atomic E-state index is 12.5. The second-order valence-corrected chi connectivity index (χ2v) is 9.14. The van der Waals surface area contributed by atoms with Crippen LogP contribution < -0.4 is 5.32 Å². The second-order valence-electron chi connectivity index (χ2n) is 6.03. The van der Waals surface area contributed by atoms with E-state index in [1.54, 1.807) is 24.3 Å². The summed E-state index contributed by atoms with van der Waals surface area (Å²) in [5.41, 5.74) is 1.56. The van der Waals surface area contributed by atoms with Crippen molar-refractivity contribution in [1.82, 2.24) is 0 Å². The van der Waals surface area contributed by atoms with Crippen LogP contribution in [0.4, 0.5) is 5.69 Å². The average molecular weight is 398 g/mol. The van der Waals surface area contributed by atoms with E-state index < -0.39 is 21.5 Å². The van der Waals surface area contributed by atoms with Crippen molar-refractivity contribution in [3.8, 4) is 0 Å². The molecule has 27 heavy (non-hydrogen) atoms. The molecule has 4 nitrogen and oxygen atoms in total. The molecule has 3 rings (SSSR count). The standard InChI is InChI=1S/C21H19NO3S2/c1-16-11-13-18(14-12-16)27(24,25)15-21(23)22-19-9-5-6-10-20(19)26-17-7-3-2-4-8-17/h2-14H,15H2,1H3,(H,22,23). The molecule has 0 aliphatic heterocycles. The largest absolute Gasteiger partial charge is 0.324 e. The Balaban J connectivity index is 1.74. The number of sulfone groups is 1. The smallest absolute Gasteiger partial charge is 0.239 e. The number of hydrogen-bond acceptors (Lipinski definition) is 4. The SMILES string of the molecule is Cc1ccc(S(=O)(=O)CC(=O)Nc2ccccc2Sc2ccccc2)cc1. The van der Waals surface area contributed by atoms with Crippen LogP contribution in [0.5, 0.6) is 0 Å². The Bertz CT molecular complexity index is 1030. The van der Waals surface area contributed by atoms with Crippen molar-refractivity contribution in [2.45, 2.75) is 21.6 Å². The quantitative estimate of drug-likeness (QED) is 0.662. The second kappa shape index (κ2) is 8.41. The summed E-state index contributed by atoms with van der Waals surface area (Å²) < 4.78 is 24.9. The predicted octanol–water partition coefficient (Wildman–Crippen LogP) is 4.56. The van der Waals surface area contributed by atoms with Gasteiger partial charge in [-0.25, -0.2) is 8.42 Å². The molecule has 138 valence electrons. The lowest BCUT2D eigenvalue weighted by atomic mass is 10.2. The summed E-state index contributed by atoms with van der Waals surface area (Å²) in [7, 11) is -3.69. The Morgan fingerprint density at radius 1 is 0.889 bits per heavy atom. The molecule has 3 aromatic carbocycles. The van der Waals surface area contributed by atoms with Gasteiger partial charge in [0.15, 0.2) is 9.84 Å². The highest BCUT2D eigenvalue weighted by molar-refractivity contribution is 7.99. The van der Waals surface area contributed by atoms with Crippen molar-refractivity contribution in [2.75, 3.05) is 11.1 Å². The Labute approximate surface area is 163 Å². The van der Waals surface area contributed by atoms with Crippen LogP contribution in [0.2, 0.25) is 0 Å². The lowest BCUT2D eigenvalue weighted by molar-refractivity contribution is -0.113. The molecule has 0 heterocycles. The number of nitrogens with one attached hydrogen (secondary N) is 1. The van der Waals surface area contributed by atoms with Crippen LogP contribution >= 0.6 is 11.8 Å². The number of benzene rings is 3. The third-order valence-electron chi connectivity index (χ3n) is 3.83. The average Bonchev–Trinajstić information content (AvgIpc) is 2.64. The molecule has 0 aliphatic rings. The van der Waals surface area contributed by atoms with Crippen LogP contribution in [0.3, 0.4) is 0 Å². The zero-order valence-electron chi connectivity index (χ0n) is 14.8. The molecule has 0 bridgehead atoms. The molecule has 3 aromatic rings. The lowest BCUT2D eigenvalue weighted by Crippen LogP contribution is -2.23. The first-order chi connectivity index (χ1) is 12.9. The zero-order valence-corrected chi connectivity index (χ0v) is 16.4. The monoisotopic (exact) mass is 397 g/mol. The van der Waals surface area contributed by atoms with E-state index in [1.165, 1.54) is 23.9 Å². The maximum atomic E-state index is 12.5. The molecule has 0 fully saturated rings. The first-order valence-corrected chi connectivity index (χ1v) is 10.8. The maximum Gasteiger partial charge on any atom is 0.239 e. The van der Waals surface area contributed by atoms with Crippen molar-refractivity contribution >= 4 is 33.2 Å². The minimum absolute atomic E-state index is 0.148. The van der Waals surface area contributed by atoms with Crippen molar-refractivity contribution in [2.24, 2.45) is 0 Å². The minimum Gasteiger partial charge on any atom is -0.324 e. The summed E-state index contributed by atoms with van der Waals surface area (Å²) in [4.78, 5) is 14.4. The Hall–Kier alpha value is -2.57. The Kier molecular flexibility index (Phi) is 5.98. The van der Waals surface area contributed by atoms with Crippen molar-refractivity contribution < 1.29 is 13.2 Å². The van der Waals surface area contributed by atoms with Crippen LogP contribution in [0.1, 0.15) is 5.56 Å². The van der Waals surface area contributed by atoms with Crippen LogP contribution in [-0.4, -0.2) is 20.1 Å². The summed E-state index contributed by atoms with van der Waals surface area (Å²) in [6, 6.07) is 23.6. The highest BCUT2D eigenvalue weighted by Crippen LogP contribution is 2.33. The fraction of sp³-hybridized carbons (Fsp3) is 0.0952. The molecule has 0 spiro atoms. The van der Waals surface area contributed by atoms with Gasteiger partial charge in [0.2, 0.25) is 5.91 Å². The number of rotatable bonds is 6. The highest BCUT2D eigenvalue weighted by Gasteiger charge is 2.20. The van der Waals surface area contributed by atoms with E-state index in [2.05, 4.69) is 5.32 Å². The number of hydrogen-bond donors (Lipinski definition) is 1. The molecule has 1 amide bonds. The predicted molar refractivity (Wildman–Crippen MR) is 109 cm³/mol. The van der Waals surface area contributed by atoms with E-state index in [-0.39, 0.29) is 4.90 Å². The van der Waals surface area contributed by atoms with Crippen LogP contribution in [0.25, 0.3) is 0 Å². The van der Waals surface area contributed by atoms with Crippen LogP contribution in [0.15, 0.2) is 93.5 Å². The van der Waals surface area contributed by atoms with Crippen molar-refractivity contribution in [3.05, 3.63) is 84.4 Å². The number of anilines is 1. The number of carbonyl (C=O) groups is 1. The van der Waals surface area contributed by atoms with E-state index in [9.17, 15) is 13.2 Å². The fourth-order valence-corrected chi connectivity index (χ4v) is 4.52. The normalized spacial score (nSPS) is 11.1. The fourth-order valence-electron chi connectivity index (χ4n) is 2.46. The topological polar surface area (TPSA) is 63.2 Å². The number of carbonyl (C=O) groups excluding carboxylic acids is 1. The Morgan fingerprint density at radius 2 is 1.52 bits per heavy atom. The van der Waals surface area contributed by atoms with E-state index >= 15 is 0 Å². The molecule has 0 atom stereocenters. The van der Waals surface area contributed by atoms with Gasteiger partial charge in [-0.15, -0.1) is 0 Å². The zero-order chi connectivity index (χ0) is 19.3. The number of aryl methyl sites for hydroxylation is 1. The molecule has 6 heteroatoms. The van der Waals surface area contributed by atoms with Gasteiger partial charge in [-0.3, -0.25) is 4.79 Å². The van der Waals surface area contributed by atoms with Gasteiger partial charge in [0.05, 0.1) is 10.6 Å². The summed E-state index contributed by atoms with van der Waals surface area (Å²) in [6.45, 7) is 1.88. The molecular weight excluding hydrogens is 378 g/mol. The van der Waals surface area contributed by atoms with E-state index in [4.69, 9.17) is 0 Å². The van der Waals surface area contributed by atoms with Gasteiger partial charge in [0.25, 0.3) is 0 Å². The van der Waals surface area contributed by atoms with E-state index in [0.717, 1.165) is 15.4 Å². The molecular formula is C21H19NO3S2. The Morgan fingerprint density at radius 3 is 2.22 bits per heavy atom. The summed E-state index contributed by atoms with van der Waals surface area (Å²) in [6.07, 6.45) is 0. The van der Waals surface area contributed by atoms with E-state index in [1.807, 2.05) is 49.4 Å². The summed E-state index contributed by atoms with van der Waals surface area (Å²) in [5.74, 6) is -1.16. The molecule has 0 aromatic heterocycles. The molecule has 0 aliphatic carbocycles. The summed E-state index contributed by atoms with van der Waals surface area (Å²) >= 11 is 1.51. The molecule has 1 N–H and O–H groups in total. The number of amides is 1. The van der Waals surface area contributed by atoms with Gasteiger partial charge in [0, 0.05) is 9.79 Å². The molecule has 0 saturated carbocycles. The van der Waals surface area contributed by atoms with Gasteiger partial charge in [-0.2, -0.15) is 0 Å². The molecule has 0 saturated heterocycles. The first kappa shape index (κ1) is 19.2. The van der Waals surface area contributed by atoms with Crippen LogP contribution in [-0.2, 0) is 14.6 Å². The van der Waals surface area contributed by atoms with Crippen LogP contribution in [0, 0.1) is 6.92 Å². The minimum atomic E-state index is -3.69. The lowest BCUT2D eigenvalue weighted by Gasteiger charge is -2.11. The van der Waals surface area contributed by atoms with Gasteiger partial charge < -0.3 is 5.32 Å². The third kappa shape index (κ3) is 5.21. The van der Waals surface area contributed by atoms with Gasteiger partial charge in [-0.05, 0) is 43.3 Å². The third-order valence-corrected chi connectivity index (χ3v) is 6.55. The first-order valence-electron chi connectivity index (χ1n) is 8.35. The molecule has 0 radical (unpaired) electrons. The summed E-state index contributed by atoms with van der Waals surface area (Å²) in [5, 5.41) is 2.73.